The molecule has 1 aliphatic carbocycles. The van der Waals surface area contributed by atoms with Gasteiger partial charge >= 0.3 is 49.7 Å². The van der Waals surface area contributed by atoms with Gasteiger partial charge in [-0.05, 0) is 12.3 Å². The number of hydrogen-bond donors (Lipinski definition) is 2. The average Bonchev–Trinajstić information content (AvgIpc) is 2.02. The summed E-state index contributed by atoms with van der Waals surface area (Å²) in [4.78, 5) is 21.5. The molecule has 0 aromatic carbocycles. The van der Waals surface area contributed by atoms with E-state index >= 15 is 0 Å². The van der Waals surface area contributed by atoms with Gasteiger partial charge in [0.25, 0.3) is 0 Å². The first-order chi connectivity index (χ1) is 6.04. The quantitative estimate of drug-likeness (QED) is 0.540. The Labute approximate surface area is 115 Å². The van der Waals surface area contributed by atoms with Gasteiger partial charge in [-0.15, -0.1) is 0 Å². The van der Waals surface area contributed by atoms with Gasteiger partial charge in [-0.1, -0.05) is 19.1 Å². The summed E-state index contributed by atoms with van der Waals surface area (Å²) < 4.78 is 0. The maximum absolute atomic E-state index is 10.8. The van der Waals surface area contributed by atoms with Crippen molar-refractivity contribution in [3.8, 4) is 0 Å². The fraction of sp³-hybridized carbons (Fsp3) is 0.556. The smallest absolute Gasteiger partial charge is 1.00 e. The summed E-state index contributed by atoms with van der Waals surface area (Å²) in [5.74, 6) is -3.82. The van der Waals surface area contributed by atoms with Crippen LogP contribution in [0.15, 0.2) is 12.2 Å². The molecule has 0 fully saturated rings. The monoisotopic (exact) mass is 226 g/mol. The van der Waals surface area contributed by atoms with Gasteiger partial charge in [0.2, 0.25) is 0 Å². The van der Waals surface area contributed by atoms with Crippen LogP contribution in [0.5, 0.6) is 0 Å². The van der Waals surface area contributed by atoms with Crippen molar-refractivity contribution >= 4 is 49.7 Å². The second-order valence-corrected chi connectivity index (χ2v) is 3.33. The van der Waals surface area contributed by atoms with Crippen LogP contribution in [0.4, 0.5) is 0 Å². The third-order valence-electron chi connectivity index (χ3n) is 2.43. The standard InChI is InChI=1S/C9H12O4.Ca.2H/c1-5-3-2-4-6(8(10)11)7(5)9(12)13;;;/h2-3,5-7H,4H2,1H3,(H,10,11)(H,12,13);;;/q;+2;2*-1. The minimum atomic E-state index is -1.02. The first kappa shape index (κ1) is 13.9. The molecule has 76 valence electrons. The molecule has 1 rings (SSSR count). The number of carboxylic acids is 2. The molecule has 3 atom stereocenters. The van der Waals surface area contributed by atoms with Gasteiger partial charge in [-0.25, -0.2) is 0 Å². The molecule has 0 saturated carbocycles. The molecule has 0 heterocycles. The van der Waals surface area contributed by atoms with Crippen LogP contribution in [0.2, 0.25) is 0 Å². The Hall–Kier alpha value is -0.0603. The van der Waals surface area contributed by atoms with Crippen molar-refractivity contribution in [3.05, 3.63) is 12.2 Å². The summed E-state index contributed by atoms with van der Waals surface area (Å²) >= 11 is 0. The van der Waals surface area contributed by atoms with Gasteiger partial charge in [0.1, 0.15) is 0 Å². The summed E-state index contributed by atoms with van der Waals surface area (Å²) in [6.45, 7) is 1.73. The zero-order valence-corrected chi connectivity index (χ0v) is 10.2. The van der Waals surface area contributed by atoms with E-state index in [-0.39, 0.29) is 46.5 Å². The van der Waals surface area contributed by atoms with Crippen LogP contribution in [0.3, 0.4) is 0 Å². The molecule has 14 heavy (non-hydrogen) atoms. The van der Waals surface area contributed by atoms with E-state index in [0.29, 0.717) is 6.42 Å². The number of carboxylic acid groups (broad SMARTS) is 2. The minimum Gasteiger partial charge on any atom is -1.00 e. The molecule has 0 aliphatic heterocycles. The molecule has 0 spiro atoms. The molecule has 0 aromatic heterocycles. The maximum atomic E-state index is 10.8. The summed E-state index contributed by atoms with van der Waals surface area (Å²) in [6, 6.07) is 0. The van der Waals surface area contributed by atoms with Gasteiger partial charge < -0.3 is 13.1 Å². The Balaban J connectivity index is -0.000000563. The first-order valence-corrected chi connectivity index (χ1v) is 4.16. The molecular formula is C9H14CaO4. The van der Waals surface area contributed by atoms with Crippen LogP contribution in [0.25, 0.3) is 0 Å². The van der Waals surface area contributed by atoms with Crippen molar-refractivity contribution in [1.82, 2.24) is 0 Å². The predicted molar refractivity (Wildman–Crippen MR) is 53.2 cm³/mol. The Morgan fingerprint density at radius 3 is 2.29 bits per heavy atom. The average molecular weight is 226 g/mol. The van der Waals surface area contributed by atoms with Crippen molar-refractivity contribution in [3.63, 3.8) is 0 Å². The van der Waals surface area contributed by atoms with E-state index in [0.717, 1.165) is 0 Å². The Morgan fingerprint density at radius 2 is 1.93 bits per heavy atom. The third kappa shape index (κ3) is 2.97. The van der Waals surface area contributed by atoms with Crippen molar-refractivity contribution < 1.29 is 22.7 Å². The summed E-state index contributed by atoms with van der Waals surface area (Å²) in [5, 5.41) is 17.6. The number of rotatable bonds is 2. The van der Waals surface area contributed by atoms with E-state index < -0.39 is 23.8 Å². The van der Waals surface area contributed by atoms with Gasteiger partial charge in [0.05, 0.1) is 11.8 Å². The van der Waals surface area contributed by atoms with E-state index in [9.17, 15) is 9.59 Å². The zero-order valence-electron chi connectivity index (χ0n) is 10.0. The van der Waals surface area contributed by atoms with E-state index in [2.05, 4.69) is 0 Å². The van der Waals surface area contributed by atoms with Crippen molar-refractivity contribution in [2.24, 2.45) is 17.8 Å². The van der Waals surface area contributed by atoms with Crippen LogP contribution in [-0.2, 0) is 9.59 Å². The molecule has 0 bridgehead atoms. The van der Waals surface area contributed by atoms with E-state index in [4.69, 9.17) is 10.2 Å². The summed E-state index contributed by atoms with van der Waals surface area (Å²) in [7, 11) is 0. The molecule has 0 saturated heterocycles. The second-order valence-electron chi connectivity index (χ2n) is 3.33. The van der Waals surface area contributed by atoms with Crippen LogP contribution in [0.1, 0.15) is 16.2 Å². The minimum absolute atomic E-state index is 0. The van der Waals surface area contributed by atoms with E-state index in [1.165, 1.54) is 0 Å². The van der Waals surface area contributed by atoms with Crippen LogP contribution in [0, 0.1) is 17.8 Å². The largest absolute Gasteiger partial charge is 2.00 e. The first-order valence-electron chi connectivity index (χ1n) is 4.16. The second kappa shape index (κ2) is 5.73. The summed E-state index contributed by atoms with van der Waals surface area (Å²) in [6.07, 6.45) is 3.82. The zero-order chi connectivity index (χ0) is 10.0. The Bertz CT molecular complexity index is 270. The molecule has 2 N–H and O–H groups in total. The summed E-state index contributed by atoms with van der Waals surface area (Å²) in [5.41, 5.74) is 0. The topological polar surface area (TPSA) is 74.6 Å². The number of hydrogen-bond acceptors (Lipinski definition) is 2. The Morgan fingerprint density at radius 1 is 1.36 bits per heavy atom. The Kier molecular flexibility index (Phi) is 5.71. The maximum Gasteiger partial charge on any atom is 2.00 e. The molecule has 3 unspecified atom stereocenters. The molecule has 5 heteroatoms. The van der Waals surface area contributed by atoms with Gasteiger partial charge in [-0.3, -0.25) is 9.59 Å². The van der Waals surface area contributed by atoms with Gasteiger partial charge in [0.15, 0.2) is 0 Å². The molecular weight excluding hydrogens is 212 g/mol. The molecule has 1 aliphatic rings. The third-order valence-corrected chi connectivity index (χ3v) is 2.43. The SMILES string of the molecule is CC1C=CCC(C(=O)O)C1C(=O)O.[Ca+2].[H-].[H-]. The molecule has 0 amide bonds. The fourth-order valence-corrected chi connectivity index (χ4v) is 1.72. The van der Waals surface area contributed by atoms with Crippen LogP contribution < -0.4 is 0 Å². The van der Waals surface area contributed by atoms with Gasteiger partial charge in [-0.2, -0.15) is 0 Å². The molecule has 0 radical (unpaired) electrons. The normalized spacial score (nSPS) is 30.5. The fourth-order valence-electron chi connectivity index (χ4n) is 1.72. The molecule has 4 nitrogen and oxygen atoms in total. The van der Waals surface area contributed by atoms with E-state index in [1.54, 1.807) is 19.1 Å². The van der Waals surface area contributed by atoms with Gasteiger partial charge in [0, 0.05) is 0 Å². The van der Waals surface area contributed by atoms with E-state index in [1.807, 2.05) is 0 Å². The van der Waals surface area contributed by atoms with Crippen LogP contribution in [-0.4, -0.2) is 59.9 Å². The van der Waals surface area contributed by atoms with Crippen molar-refractivity contribution in [2.45, 2.75) is 13.3 Å². The number of carbonyl (C=O) groups is 2. The van der Waals surface area contributed by atoms with Crippen molar-refractivity contribution in [2.75, 3.05) is 0 Å². The molecule has 0 aromatic rings. The predicted octanol–water partition coefficient (Wildman–Crippen LogP) is 0.828. The number of aliphatic carboxylic acids is 2. The van der Waals surface area contributed by atoms with Crippen LogP contribution >= 0.6 is 0 Å². The number of allylic oxidation sites excluding steroid dienone is 2. The van der Waals surface area contributed by atoms with Crippen molar-refractivity contribution in [1.29, 1.82) is 0 Å².